The predicted octanol–water partition coefficient (Wildman–Crippen LogP) is 0.378. The zero-order valence-electron chi connectivity index (χ0n) is 5.96. The van der Waals surface area contributed by atoms with Crippen molar-refractivity contribution in [2.75, 3.05) is 19.8 Å². The van der Waals surface area contributed by atoms with Crippen LogP contribution >= 0.6 is 0 Å². The standard InChI is InChI=1S/C6H14O3/c1-3-8-4-5-9-6(2)7/h6-7H,3-5H2,1-2H3/t6-/m0/s1. The van der Waals surface area contributed by atoms with E-state index in [9.17, 15) is 0 Å². The molecule has 0 aliphatic carbocycles. The SMILES string of the molecule is CCOCCO[C@@H](C)O. The van der Waals surface area contributed by atoms with E-state index in [2.05, 4.69) is 0 Å². The highest BCUT2D eigenvalue weighted by molar-refractivity contribution is 4.28. The second-order valence-corrected chi connectivity index (χ2v) is 1.67. The summed E-state index contributed by atoms with van der Waals surface area (Å²) in [5, 5.41) is 8.57. The van der Waals surface area contributed by atoms with Crippen LogP contribution in [0.1, 0.15) is 13.8 Å². The van der Waals surface area contributed by atoms with E-state index < -0.39 is 6.29 Å². The molecule has 0 radical (unpaired) electrons. The molecule has 0 aliphatic rings. The predicted molar refractivity (Wildman–Crippen MR) is 34.1 cm³/mol. The van der Waals surface area contributed by atoms with Gasteiger partial charge in [0.2, 0.25) is 0 Å². The van der Waals surface area contributed by atoms with Gasteiger partial charge < -0.3 is 14.6 Å². The second-order valence-electron chi connectivity index (χ2n) is 1.67. The molecule has 0 spiro atoms. The van der Waals surface area contributed by atoms with Crippen LogP contribution in [0.15, 0.2) is 0 Å². The summed E-state index contributed by atoms with van der Waals surface area (Å²) in [7, 11) is 0. The third kappa shape index (κ3) is 7.88. The Balaban J connectivity index is 2.75. The van der Waals surface area contributed by atoms with E-state index in [-0.39, 0.29) is 0 Å². The van der Waals surface area contributed by atoms with E-state index in [0.29, 0.717) is 19.8 Å². The Hall–Kier alpha value is -0.120. The fourth-order valence-electron chi connectivity index (χ4n) is 0.422. The van der Waals surface area contributed by atoms with Crippen molar-refractivity contribution in [1.29, 1.82) is 0 Å². The first kappa shape index (κ1) is 8.88. The van der Waals surface area contributed by atoms with E-state index in [4.69, 9.17) is 14.6 Å². The van der Waals surface area contributed by atoms with Crippen molar-refractivity contribution in [2.45, 2.75) is 20.1 Å². The molecule has 0 unspecified atom stereocenters. The lowest BCUT2D eigenvalue weighted by molar-refractivity contribution is -0.0987. The van der Waals surface area contributed by atoms with Gasteiger partial charge in [-0.15, -0.1) is 0 Å². The lowest BCUT2D eigenvalue weighted by Gasteiger charge is -2.05. The first-order valence-electron chi connectivity index (χ1n) is 3.14. The van der Waals surface area contributed by atoms with Crippen molar-refractivity contribution in [3.63, 3.8) is 0 Å². The molecule has 0 amide bonds. The van der Waals surface area contributed by atoms with Gasteiger partial charge in [-0.2, -0.15) is 0 Å². The molecule has 0 saturated heterocycles. The highest BCUT2D eigenvalue weighted by Gasteiger charge is 1.91. The highest BCUT2D eigenvalue weighted by atomic mass is 16.6. The second kappa shape index (κ2) is 6.01. The number of ether oxygens (including phenoxy) is 2. The quantitative estimate of drug-likeness (QED) is 0.436. The van der Waals surface area contributed by atoms with Crippen molar-refractivity contribution in [3.8, 4) is 0 Å². The maximum atomic E-state index is 8.57. The largest absolute Gasteiger partial charge is 0.379 e. The zero-order valence-corrected chi connectivity index (χ0v) is 5.96. The van der Waals surface area contributed by atoms with Crippen LogP contribution in [0.5, 0.6) is 0 Å². The molecule has 0 aromatic rings. The molecule has 0 rings (SSSR count). The van der Waals surface area contributed by atoms with Crippen molar-refractivity contribution >= 4 is 0 Å². The fourth-order valence-corrected chi connectivity index (χ4v) is 0.422. The van der Waals surface area contributed by atoms with Crippen LogP contribution in [-0.4, -0.2) is 31.2 Å². The molecular formula is C6H14O3. The average molecular weight is 134 g/mol. The monoisotopic (exact) mass is 134 g/mol. The lowest BCUT2D eigenvalue weighted by atomic mass is 10.7. The summed E-state index contributed by atoms with van der Waals surface area (Å²) >= 11 is 0. The fraction of sp³-hybridized carbons (Fsp3) is 1.00. The molecular weight excluding hydrogens is 120 g/mol. The molecule has 0 aromatic carbocycles. The maximum absolute atomic E-state index is 8.57. The Morgan fingerprint density at radius 1 is 1.44 bits per heavy atom. The lowest BCUT2D eigenvalue weighted by Crippen LogP contribution is -2.11. The van der Waals surface area contributed by atoms with E-state index in [1.54, 1.807) is 6.92 Å². The van der Waals surface area contributed by atoms with E-state index in [1.807, 2.05) is 6.92 Å². The molecule has 0 aliphatic heterocycles. The molecule has 1 N–H and O–H groups in total. The van der Waals surface area contributed by atoms with Crippen LogP contribution in [0.4, 0.5) is 0 Å². The number of hydrogen-bond acceptors (Lipinski definition) is 3. The number of aliphatic hydroxyl groups excluding tert-OH is 1. The molecule has 0 fully saturated rings. The molecule has 9 heavy (non-hydrogen) atoms. The first-order valence-corrected chi connectivity index (χ1v) is 3.14. The number of hydrogen-bond donors (Lipinski definition) is 1. The van der Waals surface area contributed by atoms with Crippen molar-refractivity contribution in [2.24, 2.45) is 0 Å². The third-order valence-corrected chi connectivity index (χ3v) is 0.791. The summed E-state index contributed by atoms with van der Waals surface area (Å²) in [6, 6.07) is 0. The Morgan fingerprint density at radius 3 is 2.56 bits per heavy atom. The van der Waals surface area contributed by atoms with E-state index in [0.717, 1.165) is 0 Å². The molecule has 0 aromatic heterocycles. The van der Waals surface area contributed by atoms with Gasteiger partial charge in [-0.1, -0.05) is 0 Å². The zero-order chi connectivity index (χ0) is 7.11. The van der Waals surface area contributed by atoms with Crippen LogP contribution in [0, 0.1) is 0 Å². The van der Waals surface area contributed by atoms with Crippen molar-refractivity contribution < 1.29 is 14.6 Å². The van der Waals surface area contributed by atoms with Gasteiger partial charge in [0.05, 0.1) is 13.2 Å². The van der Waals surface area contributed by atoms with Gasteiger partial charge in [-0.25, -0.2) is 0 Å². The van der Waals surface area contributed by atoms with E-state index >= 15 is 0 Å². The molecule has 0 bridgehead atoms. The smallest absolute Gasteiger partial charge is 0.151 e. The van der Waals surface area contributed by atoms with Crippen molar-refractivity contribution in [3.05, 3.63) is 0 Å². The van der Waals surface area contributed by atoms with Crippen LogP contribution in [-0.2, 0) is 9.47 Å². The average Bonchev–Trinajstić information content (AvgIpc) is 1.80. The molecule has 1 atom stereocenters. The maximum Gasteiger partial charge on any atom is 0.151 e. The summed E-state index contributed by atoms with van der Waals surface area (Å²) in [4.78, 5) is 0. The summed E-state index contributed by atoms with van der Waals surface area (Å²) in [5.41, 5.74) is 0. The first-order chi connectivity index (χ1) is 4.27. The summed E-state index contributed by atoms with van der Waals surface area (Å²) < 4.78 is 9.72. The minimum absolute atomic E-state index is 0.464. The van der Waals surface area contributed by atoms with Gasteiger partial charge in [0.15, 0.2) is 6.29 Å². The summed E-state index contributed by atoms with van der Waals surface area (Å²) in [6.45, 7) is 5.21. The van der Waals surface area contributed by atoms with Gasteiger partial charge >= 0.3 is 0 Å². The van der Waals surface area contributed by atoms with Crippen LogP contribution in [0.25, 0.3) is 0 Å². The van der Waals surface area contributed by atoms with Gasteiger partial charge in [-0.05, 0) is 13.8 Å². The molecule has 0 saturated carbocycles. The Morgan fingerprint density at radius 2 is 2.11 bits per heavy atom. The van der Waals surface area contributed by atoms with Gasteiger partial charge in [-0.3, -0.25) is 0 Å². The Kier molecular flexibility index (Phi) is 5.93. The van der Waals surface area contributed by atoms with Crippen LogP contribution in [0.2, 0.25) is 0 Å². The molecule has 3 nitrogen and oxygen atoms in total. The molecule has 3 heteroatoms. The van der Waals surface area contributed by atoms with Gasteiger partial charge in [0, 0.05) is 6.61 Å². The minimum Gasteiger partial charge on any atom is -0.379 e. The number of rotatable bonds is 5. The molecule has 0 heterocycles. The molecule has 56 valence electrons. The van der Waals surface area contributed by atoms with Crippen LogP contribution in [0.3, 0.4) is 0 Å². The topological polar surface area (TPSA) is 38.7 Å². The van der Waals surface area contributed by atoms with Gasteiger partial charge in [0.25, 0.3) is 0 Å². The Bertz CT molecular complexity index is 54.3. The minimum atomic E-state index is -0.676. The summed E-state index contributed by atoms with van der Waals surface area (Å²) in [6.07, 6.45) is -0.676. The summed E-state index contributed by atoms with van der Waals surface area (Å²) in [5.74, 6) is 0. The highest BCUT2D eigenvalue weighted by Crippen LogP contribution is 1.83. The third-order valence-electron chi connectivity index (χ3n) is 0.791. The number of aliphatic hydroxyl groups is 1. The van der Waals surface area contributed by atoms with Crippen LogP contribution < -0.4 is 0 Å². The Labute approximate surface area is 55.6 Å². The van der Waals surface area contributed by atoms with Gasteiger partial charge in [0.1, 0.15) is 0 Å². The normalized spacial score (nSPS) is 13.7. The van der Waals surface area contributed by atoms with Crippen molar-refractivity contribution in [1.82, 2.24) is 0 Å². The van der Waals surface area contributed by atoms with E-state index in [1.165, 1.54) is 0 Å².